The molecule has 0 aliphatic carbocycles. The van der Waals surface area contributed by atoms with E-state index < -0.39 is 0 Å². The molecule has 0 aliphatic heterocycles. The second-order valence-corrected chi connectivity index (χ2v) is 6.69. The van der Waals surface area contributed by atoms with Crippen molar-refractivity contribution in [3.05, 3.63) is 53.7 Å². The molecule has 0 bridgehead atoms. The van der Waals surface area contributed by atoms with E-state index in [1.54, 1.807) is 18.9 Å². The summed E-state index contributed by atoms with van der Waals surface area (Å²) in [6.45, 7) is 6.52. The summed E-state index contributed by atoms with van der Waals surface area (Å²) < 4.78 is 5.42. The largest absolute Gasteiger partial charge is 0.494 e. The fourth-order valence-electron chi connectivity index (χ4n) is 1.83. The first-order chi connectivity index (χ1) is 9.50. The van der Waals surface area contributed by atoms with E-state index in [1.165, 1.54) is 5.56 Å². The van der Waals surface area contributed by atoms with Gasteiger partial charge in [-0.25, -0.2) is 4.98 Å². The van der Waals surface area contributed by atoms with Crippen LogP contribution in [0.3, 0.4) is 0 Å². The molecule has 2 aromatic rings. The molecule has 0 fully saturated rings. The quantitative estimate of drug-likeness (QED) is 0.762. The number of hydrogen-bond acceptors (Lipinski definition) is 3. The summed E-state index contributed by atoms with van der Waals surface area (Å²) in [6.07, 6.45) is 0. The SMILES string of the molecule is COc1ccc(C(C)(C)C)nc1SCc1ccccc1. The maximum Gasteiger partial charge on any atom is 0.151 e. The standard InChI is InChI=1S/C17H21NOS/c1-17(2,3)15-11-10-14(19-4)16(18-15)20-12-13-8-6-5-7-9-13/h5-11H,12H2,1-4H3. The molecule has 1 aromatic heterocycles. The monoisotopic (exact) mass is 287 g/mol. The predicted octanol–water partition coefficient (Wildman–Crippen LogP) is 4.68. The molecule has 0 aliphatic rings. The lowest BCUT2D eigenvalue weighted by atomic mass is 9.92. The minimum absolute atomic E-state index is 0.0499. The summed E-state index contributed by atoms with van der Waals surface area (Å²) in [7, 11) is 1.69. The highest BCUT2D eigenvalue weighted by Crippen LogP contribution is 2.32. The molecular formula is C17H21NOS. The van der Waals surface area contributed by atoms with Crippen LogP contribution in [0.15, 0.2) is 47.5 Å². The molecule has 0 N–H and O–H groups in total. The van der Waals surface area contributed by atoms with Crippen molar-refractivity contribution in [2.45, 2.75) is 37.0 Å². The summed E-state index contributed by atoms with van der Waals surface area (Å²) in [5.41, 5.74) is 2.44. The van der Waals surface area contributed by atoms with Crippen molar-refractivity contribution in [1.82, 2.24) is 4.98 Å². The lowest BCUT2D eigenvalue weighted by molar-refractivity contribution is 0.398. The van der Waals surface area contributed by atoms with Gasteiger partial charge in [-0.2, -0.15) is 0 Å². The molecule has 0 unspecified atom stereocenters. The van der Waals surface area contributed by atoms with Crippen molar-refractivity contribution < 1.29 is 4.74 Å². The van der Waals surface area contributed by atoms with Gasteiger partial charge in [-0.3, -0.25) is 0 Å². The number of ether oxygens (including phenoxy) is 1. The molecule has 0 saturated carbocycles. The van der Waals surface area contributed by atoms with Crippen molar-refractivity contribution in [3.8, 4) is 5.75 Å². The van der Waals surface area contributed by atoms with Gasteiger partial charge >= 0.3 is 0 Å². The number of thioether (sulfide) groups is 1. The Balaban J connectivity index is 2.21. The van der Waals surface area contributed by atoms with Gasteiger partial charge in [0.05, 0.1) is 7.11 Å². The number of benzene rings is 1. The summed E-state index contributed by atoms with van der Waals surface area (Å²) in [5.74, 6) is 1.75. The molecule has 0 spiro atoms. The Kier molecular flexibility index (Phi) is 4.71. The van der Waals surface area contributed by atoms with E-state index in [-0.39, 0.29) is 5.41 Å². The van der Waals surface area contributed by atoms with Crippen LogP contribution >= 0.6 is 11.8 Å². The first kappa shape index (κ1) is 14.9. The van der Waals surface area contributed by atoms with Crippen LogP contribution in [0.4, 0.5) is 0 Å². The number of aromatic nitrogens is 1. The van der Waals surface area contributed by atoms with Crippen molar-refractivity contribution in [2.24, 2.45) is 0 Å². The van der Waals surface area contributed by atoms with Crippen molar-refractivity contribution in [2.75, 3.05) is 7.11 Å². The second kappa shape index (κ2) is 6.31. The third-order valence-corrected chi connectivity index (χ3v) is 4.08. The number of rotatable bonds is 4. The first-order valence-electron chi connectivity index (χ1n) is 6.73. The molecule has 0 amide bonds. The molecule has 1 heterocycles. The van der Waals surface area contributed by atoms with Gasteiger partial charge in [-0.15, -0.1) is 0 Å². The topological polar surface area (TPSA) is 22.1 Å². The Bertz CT molecular complexity index is 561. The van der Waals surface area contributed by atoms with E-state index in [0.29, 0.717) is 0 Å². The molecule has 3 heteroatoms. The van der Waals surface area contributed by atoms with Gasteiger partial charge in [0.15, 0.2) is 5.75 Å². The molecule has 1 aromatic carbocycles. The minimum atomic E-state index is 0.0499. The first-order valence-corrected chi connectivity index (χ1v) is 7.71. The molecule has 0 saturated heterocycles. The highest BCUT2D eigenvalue weighted by molar-refractivity contribution is 7.98. The number of hydrogen-bond donors (Lipinski definition) is 0. The normalized spacial score (nSPS) is 11.4. The summed E-state index contributed by atoms with van der Waals surface area (Å²) in [4.78, 5) is 4.77. The van der Waals surface area contributed by atoms with E-state index in [2.05, 4.69) is 45.0 Å². The highest BCUT2D eigenvalue weighted by Gasteiger charge is 2.17. The fraction of sp³-hybridized carbons (Fsp3) is 0.353. The molecule has 106 valence electrons. The smallest absolute Gasteiger partial charge is 0.151 e. The number of nitrogens with zero attached hydrogens (tertiary/aromatic N) is 1. The second-order valence-electron chi connectivity index (χ2n) is 5.73. The molecule has 0 radical (unpaired) electrons. The molecule has 2 rings (SSSR count). The number of methoxy groups -OCH3 is 1. The third kappa shape index (κ3) is 3.76. The average molecular weight is 287 g/mol. The van der Waals surface area contributed by atoms with Crippen LogP contribution in [0.25, 0.3) is 0 Å². The van der Waals surface area contributed by atoms with Crippen LogP contribution in [-0.2, 0) is 11.2 Å². The fourth-order valence-corrected chi connectivity index (χ4v) is 2.78. The van der Waals surface area contributed by atoms with Crippen LogP contribution < -0.4 is 4.74 Å². The van der Waals surface area contributed by atoms with Crippen LogP contribution in [-0.4, -0.2) is 12.1 Å². The summed E-state index contributed by atoms with van der Waals surface area (Å²) >= 11 is 1.72. The predicted molar refractivity (Wildman–Crippen MR) is 85.5 cm³/mol. The maximum absolute atomic E-state index is 5.42. The Labute approximate surface area is 125 Å². The lowest BCUT2D eigenvalue weighted by Gasteiger charge is -2.19. The van der Waals surface area contributed by atoms with Gasteiger partial charge in [0.1, 0.15) is 5.03 Å². The molecular weight excluding hydrogens is 266 g/mol. The summed E-state index contributed by atoms with van der Waals surface area (Å²) in [5, 5.41) is 0.962. The molecule has 20 heavy (non-hydrogen) atoms. The molecule has 2 nitrogen and oxygen atoms in total. The number of pyridine rings is 1. The van der Waals surface area contributed by atoms with Crippen molar-refractivity contribution >= 4 is 11.8 Å². The van der Waals surface area contributed by atoms with Crippen LogP contribution in [0.5, 0.6) is 5.75 Å². The highest BCUT2D eigenvalue weighted by atomic mass is 32.2. The summed E-state index contributed by atoms with van der Waals surface area (Å²) in [6, 6.07) is 14.5. The zero-order valence-electron chi connectivity index (χ0n) is 12.5. The maximum atomic E-state index is 5.42. The van der Waals surface area contributed by atoms with Crippen molar-refractivity contribution in [3.63, 3.8) is 0 Å². The van der Waals surface area contributed by atoms with Gasteiger partial charge in [0, 0.05) is 16.9 Å². The third-order valence-electron chi connectivity index (χ3n) is 3.03. The minimum Gasteiger partial charge on any atom is -0.494 e. The Morgan fingerprint density at radius 3 is 2.35 bits per heavy atom. The van der Waals surface area contributed by atoms with Crippen LogP contribution in [0, 0.1) is 0 Å². The van der Waals surface area contributed by atoms with Gasteiger partial charge < -0.3 is 4.74 Å². The van der Waals surface area contributed by atoms with Crippen LogP contribution in [0.1, 0.15) is 32.0 Å². The van der Waals surface area contributed by atoms with Gasteiger partial charge in [0.25, 0.3) is 0 Å². The lowest BCUT2D eigenvalue weighted by Crippen LogP contribution is -2.13. The van der Waals surface area contributed by atoms with Gasteiger partial charge in [-0.05, 0) is 17.7 Å². The van der Waals surface area contributed by atoms with E-state index in [4.69, 9.17) is 9.72 Å². The Morgan fingerprint density at radius 2 is 1.75 bits per heavy atom. The zero-order valence-corrected chi connectivity index (χ0v) is 13.3. The van der Waals surface area contributed by atoms with Crippen LogP contribution in [0.2, 0.25) is 0 Å². The molecule has 0 atom stereocenters. The van der Waals surface area contributed by atoms with E-state index in [9.17, 15) is 0 Å². The van der Waals surface area contributed by atoms with E-state index in [0.717, 1.165) is 22.2 Å². The Hall–Kier alpha value is -1.48. The van der Waals surface area contributed by atoms with Gasteiger partial charge in [0.2, 0.25) is 0 Å². The van der Waals surface area contributed by atoms with E-state index in [1.807, 2.05) is 18.2 Å². The zero-order chi connectivity index (χ0) is 14.6. The Morgan fingerprint density at radius 1 is 1.05 bits per heavy atom. The van der Waals surface area contributed by atoms with Crippen molar-refractivity contribution in [1.29, 1.82) is 0 Å². The van der Waals surface area contributed by atoms with E-state index >= 15 is 0 Å². The van der Waals surface area contributed by atoms with Gasteiger partial charge in [-0.1, -0.05) is 62.9 Å². The average Bonchev–Trinajstić information content (AvgIpc) is 2.45.